The number of para-hydroxylation sites is 1. The van der Waals surface area contributed by atoms with Crippen molar-refractivity contribution >= 4 is 5.69 Å². The van der Waals surface area contributed by atoms with Crippen LogP contribution in [0, 0.1) is 0 Å². The Kier molecular flexibility index (Phi) is 3.50. The molecule has 4 heteroatoms. The van der Waals surface area contributed by atoms with Crippen molar-refractivity contribution < 1.29 is 0 Å². The van der Waals surface area contributed by atoms with Gasteiger partial charge in [-0.15, -0.1) is 0 Å². The molecule has 0 bridgehead atoms. The monoisotopic (exact) mass is 213 g/mol. The molecule has 0 aliphatic carbocycles. The third kappa shape index (κ3) is 2.38. The second-order valence-corrected chi connectivity index (χ2v) is 3.29. The first-order chi connectivity index (χ1) is 7.92. The van der Waals surface area contributed by atoms with Crippen LogP contribution >= 0.6 is 0 Å². The van der Waals surface area contributed by atoms with Crippen LogP contribution in [0.5, 0.6) is 0 Å². The van der Waals surface area contributed by atoms with Gasteiger partial charge in [-0.25, -0.2) is 0 Å². The third-order valence-electron chi connectivity index (χ3n) is 2.27. The molecule has 0 aliphatic heterocycles. The Morgan fingerprint density at radius 3 is 2.25 bits per heavy atom. The number of hydrogen-bond acceptors (Lipinski definition) is 3. The molecule has 0 unspecified atom stereocenters. The van der Waals surface area contributed by atoms with E-state index < -0.39 is 0 Å². The summed E-state index contributed by atoms with van der Waals surface area (Å²) < 4.78 is 0. The van der Waals surface area contributed by atoms with Crippen LogP contribution in [0.15, 0.2) is 54.6 Å². The van der Waals surface area contributed by atoms with E-state index in [-0.39, 0.29) is 0 Å². The summed E-state index contributed by atoms with van der Waals surface area (Å²) in [5.74, 6) is 6.80. The Morgan fingerprint density at radius 2 is 1.50 bits per heavy atom. The van der Waals surface area contributed by atoms with Gasteiger partial charge in [0.15, 0.2) is 0 Å². The van der Waals surface area contributed by atoms with Gasteiger partial charge in [0.25, 0.3) is 0 Å². The fraction of sp³-hybridized carbons (Fsp3) is 0. The average molecular weight is 213 g/mol. The Labute approximate surface area is 94.4 Å². The second kappa shape index (κ2) is 5.27. The summed E-state index contributed by atoms with van der Waals surface area (Å²) in [6.07, 6.45) is 0. The van der Waals surface area contributed by atoms with Crippen molar-refractivity contribution in [3.05, 3.63) is 54.6 Å². The SMILES string of the molecule is [NH]NNNc1ccccc1-c1ccccc1. The van der Waals surface area contributed by atoms with Crippen molar-refractivity contribution in [2.75, 3.05) is 5.43 Å². The van der Waals surface area contributed by atoms with Gasteiger partial charge in [0.2, 0.25) is 0 Å². The van der Waals surface area contributed by atoms with Crippen molar-refractivity contribution in [1.29, 1.82) is 0 Å². The van der Waals surface area contributed by atoms with Gasteiger partial charge in [0, 0.05) is 5.56 Å². The quantitative estimate of drug-likeness (QED) is 0.680. The van der Waals surface area contributed by atoms with E-state index in [1.807, 2.05) is 42.5 Å². The highest BCUT2D eigenvalue weighted by Gasteiger charge is 2.02. The van der Waals surface area contributed by atoms with Crippen molar-refractivity contribution in [3.63, 3.8) is 0 Å². The van der Waals surface area contributed by atoms with E-state index in [2.05, 4.69) is 28.6 Å². The van der Waals surface area contributed by atoms with E-state index in [1.165, 1.54) is 0 Å². The molecule has 0 heterocycles. The molecule has 2 rings (SSSR count). The first-order valence-electron chi connectivity index (χ1n) is 4.99. The molecule has 0 aromatic heterocycles. The molecule has 0 saturated carbocycles. The van der Waals surface area contributed by atoms with E-state index in [9.17, 15) is 0 Å². The number of benzene rings is 2. The maximum Gasteiger partial charge on any atom is 0.0579 e. The molecule has 1 radical (unpaired) electrons. The summed E-state index contributed by atoms with van der Waals surface area (Å²) in [5.41, 5.74) is 10.7. The zero-order chi connectivity index (χ0) is 11.2. The molecule has 81 valence electrons. The molecule has 16 heavy (non-hydrogen) atoms. The second-order valence-electron chi connectivity index (χ2n) is 3.29. The largest absolute Gasteiger partial charge is 0.306 e. The number of hydrogen-bond donors (Lipinski definition) is 3. The van der Waals surface area contributed by atoms with E-state index in [0.717, 1.165) is 16.8 Å². The normalized spacial score (nSPS) is 10.1. The van der Waals surface area contributed by atoms with Crippen LogP contribution in [-0.4, -0.2) is 0 Å². The minimum Gasteiger partial charge on any atom is -0.306 e. The third-order valence-corrected chi connectivity index (χ3v) is 2.27. The number of hydrazine groups is 2. The lowest BCUT2D eigenvalue weighted by Gasteiger charge is -2.11. The molecule has 0 amide bonds. The lowest BCUT2D eigenvalue weighted by molar-refractivity contribution is 0.601. The Bertz CT molecular complexity index is 442. The summed E-state index contributed by atoms with van der Waals surface area (Å²) in [5, 5.41) is 0. The predicted molar refractivity (Wildman–Crippen MR) is 64.9 cm³/mol. The van der Waals surface area contributed by atoms with Gasteiger partial charge in [-0.3, -0.25) is 0 Å². The van der Waals surface area contributed by atoms with Gasteiger partial charge < -0.3 is 5.43 Å². The Balaban J connectivity index is 2.33. The van der Waals surface area contributed by atoms with E-state index in [0.29, 0.717) is 0 Å². The number of nitrogens with one attached hydrogen (secondary N) is 4. The Hall–Kier alpha value is -1.88. The smallest absolute Gasteiger partial charge is 0.0579 e. The minimum atomic E-state index is 0.924. The molecule has 4 N–H and O–H groups in total. The first-order valence-corrected chi connectivity index (χ1v) is 4.99. The van der Waals surface area contributed by atoms with Gasteiger partial charge >= 0.3 is 0 Å². The predicted octanol–water partition coefficient (Wildman–Crippen LogP) is 1.97. The molecule has 2 aromatic rings. The molecule has 0 atom stereocenters. The highest BCUT2D eigenvalue weighted by molar-refractivity contribution is 5.77. The maximum absolute atomic E-state index is 6.80. The summed E-state index contributed by atoms with van der Waals surface area (Å²) in [6, 6.07) is 18.0. The van der Waals surface area contributed by atoms with Gasteiger partial charge in [0.05, 0.1) is 5.69 Å². The molecular weight excluding hydrogens is 200 g/mol. The maximum atomic E-state index is 6.80. The van der Waals surface area contributed by atoms with Gasteiger partial charge in [-0.1, -0.05) is 48.5 Å². The van der Waals surface area contributed by atoms with Crippen LogP contribution in [-0.2, 0) is 0 Å². The van der Waals surface area contributed by atoms with E-state index in [4.69, 9.17) is 5.84 Å². The minimum absolute atomic E-state index is 0.924. The van der Waals surface area contributed by atoms with Gasteiger partial charge in [0.1, 0.15) is 0 Å². The molecule has 0 saturated heterocycles. The van der Waals surface area contributed by atoms with Crippen molar-refractivity contribution in [2.24, 2.45) is 0 Å². The van der Waals surface area contributed by atoms with Crippen molar-refractivity contribution in [2.45, 2.75) is 0 Å². The summed E-state index contributed by atoms with van der Waals surface area (Å²) in [6.45, 7) is 0. The van der Waals surface area contributed by atoms with E-state index in [1.54, 1.807) is 0 Å². The molecule has 0 aliphatic rings. The average Bonchev–Trinajstić information content (AvgIpc) is 2.38. The summed E-state index contributed by atoms with van der Waals surface area (Å²) >= 11 is 0. The number of rotatable bonds is 4. The van der Waals surface area contributed by atoms with Crippen LogP contribution in [0.4, 0.5) is 5.69 Å². The Morgan fingerprint density at radius 1 is 0.812 bits per heavy atom. The molecule has 0 fully saturated rings. The lowest BCUT2D eigenvalue weighted by atomic mass is 10.0. The topological polar surface area (TPSA) is 59.9 Å². The van der Waals surface area contributed by atoms with Crippen LogP contribution in [0.25, 0.3) is 11.1 Å². The molecular formula is C12H13N4. The first kappa shape index (κ1) is 10.6. The summed E-state index contributed by atoms with van der Waals surface area (Å²) in [7, 11) is 0. The zero-order valence-corrected chi connectivity index (χ0v) is 8.70. The highest BCUT2D eigenvalue weighted by atomic mass is 15.7. The van der Waals surface area contributed by atoms with Gasteiger partial charge in [-0.05, 0) is 11.6 Å². The van der Waals surface area contributed by atoms with Crippen LogP contribution in [0.1, 0.15) is 0 Å². The highest BCUT2D eigenvalue weighted by Crippen LogP contribution is 2.26. The van der Waals surface area contributed by atoms with Crippen LogP contribution < -0.4 is 22.3 Å². The molecule has 0 spiro atoms. The van der Waals surface area contributed by atoms with Crippen LogP contribution in [0.2, 0.25) is 0 Å². The lowest BCUT2D eigenvalue weighted by Crippen LogP contribution is -2.35. The molecule has 4 nitrogen and oxygen atoms in total. The fourth-order valence-electron chi connectivity index (χ4n) is 1.56. The standard InChI is InChI=1S/C12H13N4/c13-15-16-14-12-9-5-4-8-11(12)10-6-2-1-3-7-10/h1-9,13-16H. The molecule has 2 aromatic carbocycles. The van der Waals surface area contributed by atoms with Gasteiger partial charge in [-0.2, -0.15) is 16.9 Å². The fourth-order valence-corrected chi connectivity index (χ4v) is 1.56. The summed E-state index contributed by atoms with van der Waals surface area (Å²) in [4.78, 5) is 0. The van der Waals surface area contributed by atoms with E-state index >= 15 is 0 Å². The zero-order valence-electron chi connectivity index (χ0n) is 8.70. The van der Waals surface area contributed by atoms with Crippen molar-refractivity contribution in [3.8, 4) is 11.1 Å². The number of anilines is 1. The van der Waals surface area contributed by atoms with Crippen molar-refractivity contribution in [1.82, 2.24) is 16.9 Å². The van der Waals surface area contributed by atoms with Crippen LogP contribution in [0.3, 0.4) is 0 Å².